The monoisotopic (exact) mass is 273 g/mol. The SMILES string of the molecule is O=C(N[C@H]1CCSC1)c1ccccc1-c1ncc[nH]1. The lowest BCUT2D eigenvalue weighted by Gasteiger charge is -2.13. The van der Waals surface area contributed by atoms with Crippen molar-refractivity contribution in [1.29, 1.82) is 0 Å². The molecule has 5 heteroatoms. The van der Waals surface area contributed by atoms with Gasteiger partial charge in [0.15, 0.2) is 0 Å². The molecule has 1 aliphatic heterocycles. The first-order valence-corrected chi connectivity index (χ1v) is 7.47. The molecule has 4 nitrogen and oxygen atoms in total. The molecule has 0 radical (unpaired) electrons. The number of aromatic amines is 1. The summed E-state index contributed by atoms with van der Waals surface area (Å²) in [6.45, 7) is 0. The topological polar surface area (TPSA) is 57.8 Å². The molecule has 1 aliphatic rings. The highest BCUT2D eigenvalue weighted by atomic mass is 32.2. The second kappa shape index (κ2) is 5.48. The van der Waals surface area contributed by atoms with Crippen LogP contribution >= 0.6 is 11.8 Å². The highest BCUT2D eigenvalue weighted by Crippen LogP contribution is 2.21. The lowest BCUT2D eigenvalue weighted by molar-refractivity contribution is 0.0942. The number of amides is 1. The second-order valence-electron chi connectivity index (χ2n) is 4.52. The molecule has 2 heterocycles. The molecule has 0 unspecified atom stereocenters. The maximum atomic E-state index is 12.4. The smallest absolute Gasteiger partial charge is 0.252 e. The van der Waals surface area contributed by atoms with Crippen LogP contribution < -0.4 is 5.32 Å². The third-order valence-electron chi connectivity index (χ3n) is 3.19. The Labute approximate surface area is 116 Å². The molecule has 2 aromatic rings. The van der Waals surface area contributed by atoms with Crippen LogP contribution in [-0.4, -0.2) is 33.4 Å². The van der Waals surface area contributed by atoms with E-state index in [1.807, 2.05) is 36.0 Å². The molecule has 1 atom stereocenters. The van der Waals surface area contributed by atoms with E-state index >= 15 is 0 Å². The van der Waals surface area contributed by atoms with Crippen LogP contribution in [-0.2, 0) is 0 Å². The molecule has 1 aromatic heterocycles. The number of thioether (sulfide) groups is 1. The quantitative estimate of drug-likeness (QED) is 0.902. The molecule has 0 spiro atoms. The van der Waals surface area contributed by atoms with E-state index < -0.39 is 0 Å². The molecular weight excluding hydrogens is 258 g/mol. The van der Waals surface area contributed by atoms with Gasteiger partial charge in [-0.3, -0.25) is 4.79 Å². The molecule has 1 aromatic carbocycles. The van der Waals surface area contributed by atoms with Gasteiger partial charge in [-0.2, -0.15) is 11.8 Å². The molecule has 3 rings (SSSR count). The number of nitrogens with zero attached hydrogens (tertiary/aromatic N) is 1. The van der Waals surface area contributed by atoms with Crippen molar-refractivity contribution in [3.8, 4) is 11.4 Å². The van der Waals surface area contributed by atoms with Crippen molar-refractivity contribution in [1.82, 2.24) is 15.3 Å². The third kappa shape index (κ3) is 2.66. The minimum atomic E-state index is -0.0144. The fourth-order valence-electron chi connectivity index (χ4n) is 2.21. The maximum Gasteiger partial charge on any atom is 0.252 e. The van der Waals surface area contributed by atoms with Gasteiger partial charge in [-0.05, 0) is 18.2 Å². The molecule has 0 aliphatic carbocycles. The van der Waals surface area contributed by atoms with E-state index in [1.54, 1.807) is 12.4 Å². The zero-order valence-electron chi connectivity index (χ0n) is 10.4. The number of nitrogens with one attached hydrogen (secondary N) is 2. The number of imidazole rings is 1. The Kier molecular flexibility index (Phi) is 3.55. The average Bonchev–Trinajstić information content (AvgIpc) is 3.11. The molecule has 0 bridgehead atoms. The molecule has 0 saturated carbocycles. The van der Waals surface area contributed by atoms with Gasteiger partial charge in [-0.1, -0.05) is 18.2 Å². The second-order valence-corrected chi connectivity index (χ2v) is 5.67. The Morgan fingerprint density at radius 3 is 3.05 bits per heavy atom. The summed E-state index contributed by atoms with van der Waals surface area (Å²) < 4.78 is 0. The number of carbonyl (C=O) groups excluding carboxylic acids is 1. The number of hydrogen-bond donors (Lipinski definition) is 2. The first-order valence-electron chi connectivity index (χ1n) is 6.32. The van der Waals surface area contributed by atoms with Gasteiger partial charge in [0.1, 0.15) is 5.82 Å². The summed E-state index contributed by atoms with van der Waals surface area (Å²) in [7, 11) is 0. The third-order valence-corrected chi connectivity index (χ3v) is 4.35. The number of carbonyl (C=O) groups is 1. The molecule has 1 fully saturated rings. The van der Waals surface area contributed by atoms with Gasteiger partial charge in [0, 0.05) is 29.8 Å². The summed E-state index contributed by atoms with van der Waals surface area (Å²) in [5, 5.41) is 3.10. The maximum absolute atomic E-state index is 12.4. The van der Waals surface area contributed by atoms with Gasteiger partial charge in [0.25, 0.3) is 5.91 Å². The Bertz CT molecular complexity index is 562. The first kappa shape index (κ1) is 12.3. The summed E-state index contributed by atoms with van der Waals surface area (Å²) in [6, 6.07) is 7.85. The van der Waals surface area contributed by atoms with Crippen molar-refractivity contribution in [2.24, 2.45) is 0 Å². The molecule has 1 saturated heterocycles. The van der Waals surface area contributed by atoms with E-state index in [1.165, 1.54) is 0 Å². The van der Waals surface area contributed by atoms with Crippen LogP contribution in [0.25, 0.3) is 11.4 Å². The van der Waals surface area contributed by atoms with Crippen molar-refractivity contribution < 1.29 is 4.79 Å². The van der Waals surface area contributed by atoms with E-state index in [0.29, 0.717) is 11.6 Å². The number of H-pyrrole nitrogens is 1. The van der Waals surface area contributed by atoms with Crippen molar-refractivity contribution >= 4 is 17.7 Å². The van der Waals surface area contributed by atoms with Crippen LogP contribution in [0.15, 0.2) is 36.7 Å². The van der Waals surface area contributed by atoms with Gasteiger partial charge in [0.2, 0.25) is 0 Å². The predicted octanol–water partition coefficient (Wildman–Crippen LogP) is 2.31. The van der Waals surface area contributed by atoms with Crippen LogP contribution in [0.4, 0.5) is 0 Å². The van der Waals surface area contributed by atoms with Gasteiger partial charge in [-0.15, -0.1) is 0 Å². The molecule has 1 amide bonds. The average molecular weight is 273 g/mol. The van der Waals surface area contributed by atoms with Crippen LogP contribution in [0.5, 0.6) is 0 Å². The summed E-state index contributed by atoms with van der Waals surface area (Å²) in [5.74, 6) is 2.85. The number of rotatable bonds is 3. The fraction of sp³-hybridized carbons (Fsp3) is 0.286. The number of aromatic nitrogens is 2. The number of hydrogen-bond acceptors (Lipinski definition) is 3. The lowest BCUT2D eigenvalue weighted by Crippen LogP contribution is -2.34. The lowest BCUT2D eigenvalue weighted by atomic mass is 10.1. The van der Waals surface area contributed by atoms with E-state index in [-0.39, 0.29) is 5.91 Å². The van der Waals surface area contributed by atoms with Gasteiger partial charge in [-0.25, -0.2) is 4.98 Å². The predicted molar refractivity (Wildman–Crippen MR) is 77.2 cm³/mol. The van der Waals surface area contributed by atoms with Crippen molar-refractivity contribution in [2.75, 3.05) is 11.5 Å². The van der Waals surface area contributed by atoms with E-state index in [4.69, 9.17) is 0 Å². The Balaban J connectivity index is 1.85. The largest absolute Gasteiger partial charge is 0.348 e. The van der Waals surface area contributed by atoms with E-state index in [2.05, 4.69) is 15.3 Å². The molecule has 98 valence electrons. The minimum Gasteiger partial charge on any atom is -0.348 e. The molecule has 2 N–H and O–H groups in total. The van der Waals surface area contributed by atoms with Crippen LogP contribution in [0.3, 0.4) is 0 Å². The Hall–Kier alpha value is -1.75. The zero-order valence-corrected chi connectivity index (χ0v) is 11.2. The highest BCUT2D eigenvalue weighted by Gasteiger charge is 2.20. The van der Waals surface area contributed by atoms with Gasteiger partial charge in [0.05, 0.1) is 5.56 Å². The van der Waals surface area contributed by atoms with Crippen molar-refractivity contribution in [3.05, 3.63) is 42.2 Å². The zero-order chi connectivity index (χ0) is 13.1. The van der Waals surface area contributed by atoms with Crippen LogP contribution in [0.1, 0.15) is 16.8 Å². The first-order chi connectivity index (χ1) is 9.34. The van der Waals surface area contributed by atoms with Gasteiger partial charge >= 0.3 is 0 Å². The summed E-state index contributed by atoms with van der Waals surface area (Å²) in [5.41, 5.74) is 1.52. The van der Waals surface area contributed by atoms with Crippen molar-refractivity contribution in [2.45, 2.75) is 12.5 Å². The summed E-state index contributed by atoms with van der Waals surface area (Å²) in [4.78, 5) is 19.6. The van der Waals surface area contributed by atoms with Crippen LogP contribution in [0, 0.1) is 0 Å². The Morgan fingerprint density at radius 1 is 1.42 bits per heavy atom. The molecule has 19 heavy (non-hydrogen) atoms. The normalized spacial score (nSPS) is 18.4. The van der Waals surface area contributed by atoms with E-state index in [9.17, 15) is 4.79 Å². The fourth-order valence-corrected chi connectivity index (χ4v) is 3.36. The minimum absolute atomic E-state index is 0.0144. The summed E-state index contributed by atoms with van der Waals surface area (Å²) in [6.07, 6.45) is 4.51. The Morgan fingerprint density at radius 2 is 2.32 bits per heavy atom. The van der Waals surface area contributed by atoms with Crippen molar-refractivity contribution in [3.63, 3.8) is 0 Å². The van der Waals surface area contributed by atoms with Crippen LogP contribution in [0.2, 0.25) is 0 Å². The summed E-state index contributed by atoms with van der Waals surface area (Å²) >= 11 is 1.89. The molecular formula is C14H15N3OS. The van der Waals surface area contributed by atoms with E-state index in [0.717, 1.165) is 29.3 Å². The van der Waals surface area contributed by atoms with Gasteiger partial charge < -0.3 is 10.3 Å². The highest BCUT2D eigenvalue weighted by molar-refractivity contribution is 7.99. The standard InChI is InChI=1S/C14H15N3OS/c18-14(17-10-5-8-19-9-10)12-4-2-1-3-11(12)13-15-6-7-16-13/h1-4,6-7,10H,5,8-9H2,(H,15,16)(H,17,18)/t10-/m0/s1. The number of benzene rings is 1.